The first-order valence-electron chi connectivity index (χ1n) is 11.4. The number of unbranched alkanes of at least 4 members (excludes halogenated alkanes) is 1. The maximum absolute atomic E-state index is 12.2. The third kappa shape index (κ3) is 6.99. The Hall–Kier alpha value is -3.06. The average molecular weight is 440 g/mol. The summed E-state index contributed by atoms with van der Waals surface area (Å²) in [6.45, 7) is 9.81. The maximum atomic E-state index is 12.2. The highest BCUT2D eigenvalue weighted by Crippen LogP contribution is 2.19. The summed E-state index contributed by atoms with van der Waals surface area (Å²) in [5.41, 5.74) is 2.20. The first kappa shape index (κ1) is 23.6. The molecule has 1 amide bonds. The molecule has 7 nitrogen and oxygen atoms in total. The number of carbonyl (C=O) groups is 2. The minimum absolute atomic E-state index is 0.339. The number of anilines is 2. The summed E-state index contributed by atoms with van der Waals surface area (Å²) in [5.74, 6) is -0.201. The van der Waals surface area contributed by atoms with Gasteiger partial charge in [0.25, 0.3) is 5.91 Å². The van der Waals surface area contributed by atoms with Crippen molar-refractivity contribution in [1.29, 1.82) is 0 Å². The van der Waals surface area contributed by atoms with E-state index in [0.29, 0.717) is 23.6 Å². The number of ether oxygens (including phenoxy) is 2. The van der Waals surface area contributed by atoms with Crippen LogP contribution in [0.3, 0.4) is 0 Å². The van der Waals surface area contributed by atoms with Crippen LogP contribution in [0.4, 0.5) is 11.4 Å². The maximum Gasteiger partial charge on any atom is 0.338 e. The number of piperazine rings is 1. The normalized spacial score (nSPS) is 14.1. The summed E-state index contributed by atoms with van der Waals surface area (Å²) in [6.07, 6.45) is 2.05. The van der Waals surface area contributed by atoms with E-state index in [4.69, 9.17) is 9.47 Å². The third-order valence-corrected chi connectivity index (χ3v) is 5.53. The molecule has 1 fully saturated rings. The Morgan fingerprint density at radius 2 is 1.62 bits per heavy atom. The Bertz CT molecular complexity index is 860. The van der Waals surface area contributed by atoms with Gasteiger partial charge in [0.1, 0.15) is 5.75 Å². The Morgan fingerprint density at radius 3 is 2.25 bits per heavy atom. The van der Waals surface area contributed by atoms with E-state index in [1.807, 2.05) is 24.3 Å². The van der Waals surface area contributed by atoms with Crippen molar-refractivity contribution in [2.75, 3.05) is 56.2 Å². The largest absolute Gasteiger partial charge is 0.494 e. The van der Waals surface area contributed by atoms with Crippen molar-refractivity contribution < 1.29 is 19.1 Å². The second-order valence-corrected chi connectivity index (χ2v) is 7.82. The number of hydrogen-bond acceptors (Lipinski definition) is 6. The van der Waals surface area contributed by atoms with Crippen molar-refractivity contribution in [3.05, 3.63) is 54.1 Å². The molecular formula is C25H33N3O4. The molecule has 172 valence electrons. The molecule has 0 aliphatic carbocycles. The minimum Gasteiger partial charge on any atom is -0.494 e. The van der Waals surface area contributed by atoms with Crippen LogP contribution in [-0.4, -0.2) is 62.7 Å². The first-order valence-corrected chi connectivity index (χ1v) is 11.4. The Balaban J connectivity index is 1.42. The molecule has 0 unspecified atom stereocenters. The van der Waals surface area contributed by atoms with Crippen molar-refractivity contribution in [3.63, 3.8) is 0 Å². The lowest BCUT2D eigenvalue weighted by atomic mass is 10.2. The number of likely N-dealkylation sites (N-methyl/N-ethyl adjacent to an activating group) is 1. The van der Waals surface area contributed by atoms with Crippen molar-refractivity contribution in [3.8, 4) is 5.75 Å². The molecular weight excluding hydrogens is 406 g/mol. The van der Waals surface area contributed by atoms with E-state index < -0.39 is 5.97 Å². The highest BCUT2D eigenvalue weighted by molar-refractivity contribution is 5.95. The topological polar surface area (TPSA) is 71.1 Å². The molecule has 1 heterocycles. The summed E-state index contributed by atoms with van der Waals surface area (Å²) in [7, 11) is 0. The van der Waals surface area contributed by atoms with Gasteiger partial charge in [0.05, 0.1) is 12.2 Å². The Morgan fingerprint density at radius 1 is 0.938 bits per heavy atom. The number of nitrogens with zero attached hydrogens (tertiary/aromatic N) is 2. The summed E-state index contributed by atoms with van der Waals surface area (Å²) in [4.78, 5) is 29.1. The molecule has 2 aromatic rings. The fraction of sp³-hybridized carbons (Fsp3) is 0.440. The molecule has 1 aliphatic rings. The standard InChI is InChI=1S/C25H33N3O4/c1-3-5-18-31-23-12-6-20(7-13-23)25(30)32-19-24(29)26-21-8-10-22(11-9-21)28-16-14-27(4-2)15-17-28/h6-13H,3-5,14-19H2,1-2H3,(H,26,29). The van der Waals surface area contributed by atoms with Crippen LogP contribution >= 0.6 is 0 Å². The highest BCUT2D eigenvalue weighted by Gasteiger charge is 2.16. The number of amides is 1. The van der Waals surface area contributed by atoms with Crippen molar-refractivity contribution >= 4 is 23.3 Å². The van der Waals surface area contributed by atoms with Gasteiger partial charge in [-0.1, -0.05) is 20.3 Å². The summed E-state index contributed by atoms with van der Waals surface area (Å²) >= 11 is 0. The number of benzene rings is 2. The van der Waals surface area contributed by atoms with E-state index in [9.17, 15) is 9.59 Å². The molecule has 0 saturated carbocycles. The van der Waals surface area contributed by atoms with E-state index in [-0.39, 0.29) is 12.5 Å². The van der Waals surface area contributed by atoms with Gasteiger partial charge in [-0.3, -0.25) is 4.79 Å². The Labute approximate surface area is 190 Å². The van der Waals surface area contributed by atoms with E-state index in [1.54, 1.807) is 24.3 Å². The molecule has 1 aliphatic heterocycles. The summed E-state index contributed by atoms with van der Waals surface area (Å²) in [5, 5.41) is 2.77. The van der Waals surface area contributed by atoms with Crippen LogP contribution in [0.25, 0.3) is 0 Å². The van der Waals surface area contributed by atoms with Crippen molar-refractivity contribution in [2.45, 2.75) is 26.7 Å². The van der Waals surface area contributed by atoms with Gasteiger partial charge in [-0.05, 0) is 61.5 Å². The Kier molecular flexibility index (Phi) is 8.92. The van der Waals surface area contributed by atoms with E-state index in [0.717, 1.165) is 51.3 Å². The van der Waals surface area contributed by atoms with Gasteiger partial charge in [0, 0.05) is 37.6 Å². The lowest BCUT2D eigenvalue weighted by Crippen LogP contribution is -2.46. The molecule has 32 heavy (non-hydrogen) atoms. The number of carbonyl (C=O) groups excluding carboxylic acids is 2. The lowest BCUT2D eigenvalue weighted by molar-refractivity contribution is -0.119. The second-order valence-electron chi connectivity index (χ2n) is 7.82. The predicted molar refractivity (Wildman–Crippen MR) is 127 cm³/mol. The summed E-state index contributed by atoms with van der Waals surface area (Å²) < 4.78 is 10.7. The molecule has 1 N–H and O–H groups in total. The van der Waals surface area contributed by atoms with E-state index in [2.05, 4.69) is 29.0 Å². The van der Waals surface area contributed by atoms with E-state index >= 15 is 0 Å². The van der Waals surface area contributed by atoms with Gasteiger partial charge >= 0.3 is 5.97 Å². The van der Waals surface area contributed by atoms with Gasteiger partial charge in [0.2, 0.25) is 0 Å². The number of esters is 1. The van der Waals surface area contributed by atoms with Crippen molar-refractivity contribution in [2.24, 2.45) is 0 Å². The zero-order valence-corrected chi connectivity index (χ0v) is 19.0. The number of nitrogens with one attached hydrogen (secondary N) is 1. The average Bonchev–Trinajstić information content (AvgIpc) is 2.84. The molecule has 0 aromatic heterocycles. The SMILES string of the molecule is CCCCOc1ccc(C(=O)OCC(=O)Nc2ccc(N3CCN(CC)CC3)cc2)cc1. The molecule has 0 spiro atoms. The monoisotopic (exact) mass is 439 g/mol. The van der Waals surface area contributed by atoms with Crippen molar-refractivity contribution in [1.82, 2.24) is 4.90 Å². The van der Waals surface area contributed by atoms with Gasteiger partial charge < -0.3 is 24.6 Å². The van der Waals surface area contributed by atoms with Gasteiger partial charge in [0.15, 0.2) is 6.61 Å². The second kappa shape index (κ2) is 12.1. The highest BCUT2D eigenvalue weighted by atomic mass is 16.5. The zero-order valence-electron chi connectivity index (χ0n) is 19.0. The molecule has 1 saturated heterocycles. The molecule has 0 atom stereocenters. The molecule has 0 bridgehead atoms. The van der Waals surface area contributed by atoms with Crippen LogP contribution < -0.4 is 15.0 Å². The number of rotatable bonds is 10. The van der Waals surface area contributed by atoms with Crippen LogP contribution in [0.2, 0.25) is 0 Å². The quantitative estimate of drug-likeness (QED) is 0.449. The lowest BCUT2D eigenvalue weighted by Gasteiger charge is -2.35. The zero-order chi connectivity index (χ0) is 22.8. The van der Waals surface area contributed by atoms with Crippen LogP contribution in [0, 0.1) is 0 Å². The van der Waals surface area contributed by atoms with Gasteiger partial charge in [-0.15, -0.1) is 0 Å². The van der Waals surface area contributed by atoms with Gasteiger partial charge in [-0.2, -0.15) is 0 Å². The fourth-order valence-electron chi connectivity index (χ4n) is 3.51. The third-order valence-electron chi connectivity index (χ3n) is 5.53. The molecule has 2 aromatic carbocycles. The smallest absolute Gasteiger partial charge is 0.338 e. The predicted octanol–water partition coefficient (Wildman–Crippen LogP) is 3.80. The molecule has 0 radical (unpaired) electrons. The van der Waals surface area contributed by atoms with Gasteiger partial charge in [-0.25, -0.2) is 4.79 Å². The first-order chi connectivity index (χ1) is 15.6. The fourth-order valence-corrected chi connectivity index (χ4v) is 3.51. The molecule has 3 rings (SSSR count). The van der Waals surface area contributed by atoms with Crippen LogP contribution in [0.15, 0.2) is 48.5 Å². The van der Waals surface area contributed by atoms with Crippen LogP contribution in [-0.2, 0) is 9.53 Å². The summed E-state index contributed by atoms with van der Waals surface area (Å²) in [6, 6.07) is 14.5. The van der Waals surface area contributed by atoms with Crippen LogP contribution in [0.1, 0.15) is 37.0 Å². The minimum atomic E-state index is -0.540. The van der Waals surface area contributed by atoms with Crippen LogP contribution in [0.5, 0.6) is 5.75 Å². The molecule has 7 heteroatoms. The number of hydrogen-bond donors (Lipinski definition) is 1. The van der Waals surface area contributed by atoms with E-state index in [1.165, 1.54) is 0 Å².